The number of H-pyrrole nitrogens is 2. The summed E-state index contributed by atoms with van der Waals surface area (Å²) in [5, 5.41) is 11.9. The number of nitrogens with one attached hydrogen (secondary N) is 2. The quantitative estimate of drug-likeness (QED) is 0.393. The SMILES string of the molecule is c1csc(-c2cccc3[nH]c(-c4[nH]nc5ncc(-c6ccncc6)cc45)cc23)c1. The van der Waals surface area contributed by atoms with Gasteiger partial charge in [0, 0.05) is 50.9 Å². The molecule has 0 atom stereocenters. The van der Waals surface area contributed by atoms with Crippen LogP contribution in [-0.2, 0) is 0 Å². The second-order valence-electron chi connectivity index (χ2n) is 6.86. The van der Waals surface area contributed by atoms with Crippen LogP contribution in [0.15, 0.2) is 78.6 Å². The molecule has 0 saturated heterocycles. The molecule has 0 spiro atoms. The van der Waals surface area contributed by atoms with E-state index in [2.05, 4.69) is 73.0 Å². The summed E-state index contributed by atoms with van der Waals surface area (Å²) >= 11 is 1.75. The van der Waals surface area contributed by atoms with Gasteiger partial charge in [0.2, 0.25) is 0 Å². The van der Waals surface area contributed by atoms with Crippen molar-refractivity contribution in [3.63, 3.8) is 0 Å². The Kier molecular flexibility index (Phi) is 3.57. The summed E-state index contributed by atoms with van der Waals surface area (Å²) in [6, 6.07) is 18.9. The second kappa shape index (κ2) is 6.39. The maximum atomic E-state index is 4.54. The normalized spacial score (nSPS) is 11.4. The van der Waals surface area contributed by atoms with Crippen molar-refractivity contribution in [2.75, 3.05) is 0 Å². The van der Waals surface area contributed by atoms with E-state index in [0.29, 0.717) is 5.65 Å². The van der Waals surface area contributed by atoms with Gasteiger partial charge in [0.25, 0.3) is 0 Å². The van der Waals surface area contributed by atoms with E-state index in [1.54, 1.807) is 23.7 Å². The van der Waals surface area contributed by atoms with Gasteiger partial charge in [-0.25, -0.2) is 4.98 Å². The Morgan fingerprint density at radius 2 is 1.79 bits per heavy atom. The van der Waals surface area contributed by atoms with Gasteiger partial charge in [-0.3, -0.25) is 10.1 Å². The Morgan fingerprint density at radius 3 is 2.66 bits per heavy atom. The highest BCUT2D eigenvalue weighted by Gasteiger charge is 2.14. The van der Waals surface area contributed by atoms with E-state index in [-0.39, 0.29) is 0 Å². The maximum Gasteiger partial charge on any atom is 0.181 e. The second-order valence-corrected chi connectivity index (χ2v) is 7.80. The van der Waals surface area contributed by atoms with Gasteiger partial charge in [-0.05, 0) is 47.3 Å². The third kappa shape index (κ3) is 2.65. The molecule has 5 nitrogen and oxygen atoms in total. The fraction of sp³-hybridized carbons (Fsp3) is 0. The fourth-order valence-corrected chi connectivity index (χ4v) is 4.51. The highest BCUT2D eigenvalue weighted by Crippen LogP contribution is 2.36. The van der Waals surface area contributed by atoms with E-state index in [9.17, 15) is 0 Å². The van der Waals surface area contributed by atoms with Gasteiger partial charge in [-0.2, -0.15) is 5.10 Å². The molecule has 0 aliphatic carbocycles. The number of aromatic nitrogens is 5. The third-order valence-corrected chi connectivity index (χ3v) is 6.05. The number of fused-ring (bicyclic) bond motifs is 2. The Hall–Kier alpha value is -3.77. The molecular weight excluding hydrogens is 378 g/mol. The van der Waals surface area contributed by atoms with Gasteiger partial charge < -0.3 is 4.98 Å². The molecule has 1 aromatic carbocycles. The molecule has 6 heteroatoms. The molecule has 2 N–H and O–H groups in total. The molecule has 138 valence electrons. The van der Waals surface area contributed by atoms with Crippen LogP contribution in [0.5, 0.6) is 0 Å². The fourth-order valence-electron chi connectivity index (χ4n) is 3.74. The van der Waals surface area contributed by atoms with Crippen molar-refractivity contribution >= 4 is 33.3 Å². The smallest absolute Gasteiger partial charge is 0.181 e. The van der Waals surface area contributed by atoms with Gasteiger partial charge in [0.05, 0.1) is 11.4 Å². The van der Waals surface area contributed by atoms with Gasteiger partial charge in [-0.15, -0.1) is 11.3 Å². The van der Waals surface area contributed by atoms with Crippen LogP contribution in [0.4, 0.5) is 0 Å². The minimum Gasteiger partial charge on any atom is -0.353 e. The van der Waals surface area contributed by atoms with Crippen molar-refractivity contribution < 1.29 is 0 Å². The van der Waals surface area contributed by atoms with Crippen LogP contribution in [-0.4, -0.2) is 25.1 Å². The van der Waals surface area contributed by atoms with Crippen LogP contribution in [0.25, 0.3) is 54.9 Å². The lowest BCUT2D eigenvalue weighted by atomic mass is 10.1. The van der Waals surface area contributed by atoms with Crippen LogP contribution in [0.2, 0.25) is 0 Å². The molecule has 6 rings (SSSR count). The lowest BCUT2D eigenvalue weighted by Gasteiger charge is -2.01. The average Bonchev–Trinajstić information content (AvgIpc) is 3.52. The molecule has 0 amide bonds. The molecule has 0 fully saturated rings. The average molecular weight is 393 g/mol. The number of aromatic amines is 2. The summed E-state index contributed by atoms with van der Waals surface area (Å²) in [5.41, 5.74) is 7.11. The lowest BCUT2D eigenvalue weighted by Crippen LogP contribution is -1.83. The zero-order valence-corrected chi connectivity index (χ0v) is 16.1. The molecule has 5 aromatic heterocycles. The predicted octanol–water partition coefficient (Wildman–Crippen LogP) is 5.90. The molecule has 0 aliphatic rings. The number of benzene rings is 1. The highest BCUT2D eigenvalue weighted by atomic mass is 32.1. The summed E-state index contributed by atoms with van der Waals surface area (Å²) in [6.45, 7) is 0. The van der Waals surface area contributed by atoms with E-state index in [4.69, 9.17) is 0 Å². The monoisotopic (exact) mass is 393 g/mol. The van der Waals surface area contributed by atoms with E-state index in [1.807, 2.05) is 18.3 Å². The first-order chi connectivity index (χ1) is 14.4. The maximum absolute atomic E-state index is 4.54. The highest BCUT2D eigenvalue weighted by molar-refractivity contribution is 7.13. The van der Waals surface area contributed by atoms with E-state index < -0.39 is 0 Å². The van der Waals surface area contributed by atoms with Crippen molar-refractivity contribution in [1.29, 1.82) is 0 Å². The Morgan fingerprint density at radius 1 is 0.862 bits per heavy atom. The standard InChI is InChI=1S/C23H15N5S/c1-3-16(21-5-2-10-29-21)17-12-20(26-19(17)4-1)22-18-11-15(13-25-23(18)28-27-22)14-6-8-24-9-7-14/h1-13,26H,(H,25,27,28). The van der Waals surface area contributed by atoms with Crippen molar-refractivity contribution in [2.45, 2.75) is 0 Å². The topological polar surface area (TPSA) is 70.2 Å². The first-order valence-electron chi connectivity index (χ1n) is 9.27. The molecule has 0 bridgehead atoms. The van der Waals surface area contributed by atoms with Gasteiger partial charge in [0.1, 0.15) is 0 Å². The summed E-state index contributed by atoms with van der Waals surface area (Å²) in [4.78, 5) is 13.4. The molecule has 5 heterocycles. The largest absolute Gasteiger partial charge is 0.353 e. The van der Waals surface area contributed by atoms with Crippen LogP contribution >= 0.6 is 11.3 Å². The van der Waals surface area contributed by atoms with Gasteiger partial charge in [-0.1, -0.05) is 18.2 Å². The van der Waals surface area contributed by atoms with E-state index >= 15 is 0 Å². The molecule has 6 aromatic rings. The zero-order valence-electron chi connectivity index (χ0n) is 15.3. The number of hydrogen-bond acceptors (Lipinski definition) is 4. The van der Waals surface area contributed by atoms with E-state index in [0.717, 1.165) is 33.4 Å². The molecule has 0 unspecified atom stereocenters. The Labute approximate surface area is 170 Å². The first-order valence-corrected chi connectivity index (χ1v) is 10.2. The van der Waals surface area contributed by atoms with Crippen LogP contribution in [0.1, 0.15) is 0 Å². The summed E-state index contributed by atoms with van der Waals surface area (Å²) in [7, 11) is 0. The Balaban J connectivity index is 1.53. The summed E-state index contributed by atoms with van der Waals surface area (Å²) < 4.78 is 0. The number of rotatable bonds is 3. The zero-order chi connectivity index (χ0) is 19.2. The summed E-state index contributed by atoms with van der Waals surface area (Å²) in [5.74, 6) is 0. The van der Waals surface area contributed by atoms with Crippen LogP contribution in [0.3, 0.4) is 0 Å². The van der Waals surface area contributed by atoms with Crippen molar-refractivity contribution in [2.24, 2.45) is 0 Å². The van der Waals surface area contributed by atoms with E-state index in [1.165, 1.54) is 15.8 Å². The first kappa shape index (κ1) is 16.2. The molecule has 0 aliphatic heterocycles. The third-order valence-electron chi connectivity index (χ3n) is 5.14. The van der Waals surface area contributed by atoms with Crippen molar-refractivity contribution in [3.8, 4) is 33.0 Å². The number of nitrogens with zero attached hydrogens (tertiary/aromatic N) is 3. The minimum absolute atomic E-state index is 0.704. The van der Waals surface area contributed by atoms with Gasteiger partial charge in [0.15, 0.2) is 5.65 Å². The van der Waals surface area contributed by atoms with Crippen molar-refractivity contribution in [3.05, 3.63) is 78.6 Å². The number of pyridine rings is 2. The number of hydrogen-bond donors (Lipinski definition) is 2. The number of thiophene rings is 1. The molecule has 29 heavy (non-hydrogen) atoms. The van der Waals surface area contributed by atoms with Gasteiger partial charge >= 0.3 is 0 Å². The molecular formula is C23H15N5S. The summed E-state index contributed by atoms with van der Waals surface area (Å²) in [6.07, 6.45) is 5.43. The predicted molar refractivity (Wildman–Crippen MR) is 118 cm³/mol. The lowest BCUT2D eigenvalue weighted by molar-refractivity contribution is 1.10. The van der Waals surface area contributed by atoms with Crippen LogP contribution < -0.4 is 0 Å². The minimum atomic E-state index is 0.704. The van der Waals surface area contributed by atoms with Crippen LogP contribution in [0, 0.1) is 0 Å². The molecule has 0 saturated carbocycles. The molecule has 0 radical (unpaired) electrons. The Bertz CT molecular complexity index is 1450. The van der Waals surface area contributed by atoms with Crippen molar-refractivity contribution in [1.82, 2.24) is 25.1 Å².